The maximum Gasteiger partial charge on any atom is 0.488 e. The van der Waals surface area contributed by atoms with Crippen LogP contribution in [0.15, 0.2) is 89.9 Å². The monoisotopic (exact) mass is 1360 g/mol. The molecule has 0 amide bonds. The van der Waals surface area contributed by atoms with Crippen LogP contribution in [0.3, 0.4) is 0 Å². The van der Waals surface area contributed by atoms with Crippen LogP contribution >= 0.6 is 223 Å². The van der Waals surface area contributed by atoms with Gasteiger partial charge in [0.05, 0.1) is 25.3 Å². The van der Waals surface area contributed by atoms with E-state index in [1.165, 1.54) is 25.3 Å². The number of aldehydes is 2. The highest BCUT2D eigenvalue weighted by Crippen LogP contribution is 3.22. The van der Waals surface area contributed by atoms with E-state index in [0.717, 1.165) is 37.8 Å². The van der Waals surface area contributed by atoms with E-state index in [4.69, 9.17) is 19.5 Å². The summed E-state index contributed by atoms with van der Waals surface area (Å²) in [5.41, 5.74) is 3.12. The smallest absolute Gasteiger partial charge is 0.488 e. The van der Waals surface area contributed by atoms with Crippen molar-refractivity contribution in [2.75, 3.05) is 14.2 Å². The molecule has 2 aromatic heterocycles. The minimum atomic E-state index is -1.57. The van der Waals surface area contributed by atoms with Crippen molar-refractivity contribution in [2.24, 2.45) is 0 Å². The van der Waals surface area contributed by atoms with Gasteiger partial charge in [-0.05, 0) is 128 Å². The molecule has 61 heavy (non-hydrogen) atoms. The zero-order valence-electron chi connectivity index (χ0n) is 32.6. The zero-order valence-corrected chi connectivity index (χ0v) is 60.0. The summed E-state index contributed by atoms with van der Waals surface area (Å²) in [6, 6.07) is 17.5. The molecule has 35 heteroatoms. The molecule has 17 unspecified atom stereocenters. The molecule has 8 nitrogen and oxygen atoms in total. The highest BCUT2D eigenvalue weighted by atomic mass is 79.9. The SMILES string of the molecule is Brc1ccncc1.COc1ccc(-c2ccncc2)cc1C=O.COc1ccc(B(O)O)cc1C=O.Cl.PPP(P(P)P)P(P)P.PPP(P)P(P(P)P)P(P(P)P)P(P)P. The number of hydrogen-bond acceptors (Lipinski definition) is 8. The van der Waals surface area contributed by atoms with Crippen molar-refractivity contribution < 1.29 is 29.1 Å². The molecular weight excluding hydrogens is 1310 g/mol. The average Bonchev–Trinajstić information content (AvgIpc) is 3.22. The lowest BCUT2D eigenvalue weighted by Crippen LogP contribution is -2.30. The van der Waals surface area contributed by atoms with Crippen molar-refractivity contribution >= 4 is 248 Å². The van der Waals surface area contributed by atoms with Crippen molar-refractivity contribution in [3.63, 3.8) is 0 Å². The maximum atomic E-state index is 10.9. The minimum absolute atomic E-state index is 0. The number of carbonyl (C=O) groups is 2. The van der Waals surface area contributed by atoms with Crippen molar-refractivity contribution in [1.29, 1.82) is 0 Å². The number of pyridine rings is 2. The van der Waals surface area contributed by atoms with E-state index >= 15 is 0 Å². The molecule has 4 rings (SSSR count). The lowest BCUT2D eigenvalue weighted by atomic mass is 9.79. The van der Waals surface area contributed by atoms with Crippen LogP contribution in [0.2, 0.25) is 0 Å². The topological polar surface area (TPSA) is 119 Å². The second-order valence-corrected chi connectivity index (χ2v) is 97.8. The summed E-state index contributed by atoms with van der Waals surface area (Å²) < 4.78 is 11.0. The van der Waals surface area contributed by atoms with Gasteiger partial charge in [0.15, 0.2) is 12.6 Å². The molecule has 340 valence electrons. The van der Waals surface area contributed by atoms with Gasteiger partial charge in [-0.1, -0.05) is 44.0 Å². The number of halogens is 2. The third-order valence-corrected chi connectivity index (χ3v) is 139. The van der Waals surface area contributed by atoms with E-state index < -0.39 is 7.12 Å². The lowest BCUT2D eigenvalue weighted by molar-refractivity contribution is 0.111. The molecule has 0 aliphatic rings. The van der Waals surface area contributed by atoms with Crippen molar-refractivity contribution in [2.45, 2.75) is 0 Å². The van der Waals surface area contributed by atoms with E-state index in [9.17, 15) is 9.59 Å². The molecule has 0 saturated carbocycles. The Bertz CT molecular complexity index is 1760. The normalized spacial score (nSPS) is 11.9. The first-order valence-corrected chi connectivity index (χ1v) is 58.7. The summed E-state index contributed by atoms with van der Waals surface area (Å²) in [6.45, 7) is 1.53. The average molecular weight is 1360 g/mol. The Labute approximate surface area is 421 Å². The minimum Gasteiger partial charge on any atom is -0.496 e. The number of methoxy groups -OCH3 is 2. The van der Waals surface area contributed by atoms with E-state index in [1.807, 2.05) is 30.3 Å². The van der Waals surface area contributed by atoms with E-state index in [2.05, 4.69) is 142 Å². The molecule has 2 heterocycles. The number of aromatic nitrogens is 2. The Morgan fingerprint density at radius 3 is 1.34 bits per heavy atom. The quantitative estimate of drug-likeness (QED) is 0.0686. The van der Waals surface area contributed by atoms with Gasteiger partial charge in [0, 0.05) is 29.3 Å². The lowest BCUT2D eigenvalue weighted by Gasteiger charge is -2.38. The molecule has 2 aromatic carbocycles. The number of nitrogens with zero attached hydrogens (tertiary/aromatic N) is 2. The number of hydrogen-bond donors (Lipinski definition) is 2. The zero-order chi connectivity index (χ0) is 45.9. The van der Waals surface area contributed by atoms with Gasteiger partial charge >= 0.3 is 7.12 Å². The molecule has 0 fully saturated rings. The summed E-state index contributed by atoms with van der Waals surface area (Å²) in [5, 5.41) is 17.6. The molecule has 0 aliphatic heterocycles. The highest BCUT2D eigenvalue weighted by molar-refractivity contribution is 9.28. The second-order valence-electron chi connectivity index (χ2n) is 10.3. The Kier molecular flexibility index (Phi) is 48.2. The fourth-order valence-electron chi connectivity index (χ4n) is 3.79. The highest BCUT2D eigenvalue weighted by Gasteiger charge is 2.33. The largest absolute Gasteiger partial charge is 0.496 e. The van der Waals surface area contributed by atoms with Gasteiger partial charge in [0.25, 0.3) is 0 Å². The van der Waals surface area contributed by atoms with Gasteiger partial charge in [0.2, 0.25) is 0 Å². The molecule has 0 aliphatic carbocycles. The van der Waals surface area contributed by atoms with Gasteiger partial charge in [0.1, 0.15) is 11.5 Å². The van der Waals surface area contributed by atoms with Gasteiger partial charge in [-0.25, -0.2) is 0 Å². The van der Waals surface area contributed by atoms with Crippen molar-refractivity contribution in [3.05, 3.63) is 101 Å². The first kappa shape index (κ1) is 69.8. The molecular formula is C26H53BBrClN2O6P24. The Morgan fingerprint density at radius 2 is 1.03 bits per heavy atom. The van der Waals surface area contributed by atoms with Crippen LogP contribution in [-0.4, -0.2) is 53.9 Å². The van der Waals surface area contributed by atoms with Crippen LogP contribution < -0.4 is 14.9 Å². The molecule has 4 aromatic rings. The van der Waals surface area contributed by atoms with Crippen LogP contribution in [0, 0.1) is 0 Å². The summed E-state index contributed by atoms with van der Waals surface area (Å²) in [7, 11) is 42.7. The van der Waals surface area contributed by atoms with Crippen LogP contribution in [0.4, 0.5) is 0 Å². The number of ether oxygens (including phenoxy) is 2. The van der Waals surface area contributed by atoms with Crippen molar-refractivity contribution in [1.82, 2.24) is 9.97 Å². The number of carbonyl (C=O) groups excluding carboxylic acids is 2. The maximum absolute atomic E-state index is 10.9. The Balaban J connectivity index is 0. The Morgan fingerprint density at radius 1 is 0.607 bits per heavy atom. The number of benzene rings is 2. The van der Waals surface area contributed by atoms with E-state index in [-0.39, 0.29) is 73.8 Å². The third kappa shape index (κ3) is 29.9. The van der Waals surface area contributed by atoms with Crippen LogP contribution in [0.5, 0.6) is 11.5 Å². The van der Waals surface area contributed by atoms with Gasteiger partial charge in [-0.3, -0.25) is 19.6 Å². The Hall–Kier alpha value is 6.75. The standard InChI is InChI=1S/C13H11NO2.C8H9BO4.C5H4BrN.ClH.H17P15.H11P9/c1-16-13-3-2-11(8-12(13)9-15)10-4-6-14-7-5-10;1-13-8-3-2-7(9(11)12)4-6(8)5-10;6-5-1-3-7-4-2-5;;1-9-13(8)15(12(6)7)14(10(2)3)11(4)5;1-6-9(7(2)3)8(4)5/h2-9H,1H3;2-5,11-12H,1H3;1-4H;1H;9H,1-8H2;6H,1-5H2. The van der Waals surface area contributed by atoms with Gasteiger partial charge in [-0.2, -0.15) is 0 Å². The summed E-state index contributed by atoms with van der Waals surface area (Å²) in [5.74, 6) is 1.01. The van der Waals surface area contributed by atoms with Crippen LogP contribution in [0.1, 0.15) is 20.7 Å². The third-order valence-electron chi connectivity index (χ3n) is 6.35. The summed E-state index contributed by atoms with van der Waals surface area (Å²) in [4.78, 5) is 29.2. The number of rotatable bonds is 15. The first-order valence-electron chi connectivity index (χ1n) is 15.8. The molecule has 17 atom stereocenters. The van der Waals surface area contributed by atoms with Gasteiger partial charge in [-0.15, -0.1) is 128 Å². The first-order chi connectivity index (χ1) is 28.3. The van der Waals surface area contributed by atoms with Crippen LogP contribution in [-0.2, 0) is 0 Å². The predicted octanol–water partition coefficient (Wildman–Crippen LogP) is 17.2. The van der Waals surface area contributed by atoms with E-state index in [1.54, 1.807) is 44.0 Å². The second kappa shape index (κ2) is 42.1. The molecule has 0 spiro atoms. The fraction of sp³-hybridized carbons (Fsp3) is 0.0769. The van der Waals surface area contributed by atoms with E-state index in [0.29, 0.717) is 35.9 Å². The van der Waals surface area contributed by atoms with Crippen LogP contribution in [0.25, 0.3) is 11.1 Å². The fourth-order valence-corrected chi connectivity index (χ4v) is 221. The molecule has 0 radical (unpaired) electrons. The van der Waals surface area contributed by atoms with Gasteiger partial charge < -0.3 is 19.5 Å². The van der Waals surface area contributed by atoms with Crippen molar-refractivity contribution in [3.8, 4) is 22.6 Å². The summed E-state index contributed by atoms with van der Waals surface area (Å²) in [6.07, 6.45) is 8.32. The molecule has 0 bridgehead atoms. The predicted molar refractivity (Wildman–Crippen MR) is 354 cm³/mol. The molecule has 2 N–H and O–H groups in total. The molecule has 0 saturated heterocycles. The summed E-state index contributed by atoms with van der Waals surface area (Å²) >= 11 is 3.27.